The molecule has 1 heterocycles. The van der Waals surface area contributed by atoms with Crippen LogP contribution in [0.4, 0.5) is 0 Å². The second-order valence-corrected chi connectivity index (χ2v) is 5.12. The SMILES string of the molecule is CC(C)NCCC1CCC(C(=O)N(C)C)N1. The third kappa shape index (κ3) is 4.10. The molecule has 1 aliphatic rings. The molecule has 0 bridgehead atoms. The van der Waals surface area contributed by atoms with Crippen LogP contribution in [-0.2, 0) is 4.79 Å². The van der Waals surface area contributed by atoms with Crippen molar-refractivity contribution in [2.45, 2.75) is 51.2 Å². The second-order valence-electron chi connectivity index (χ2n) is 5.12. The first-order valence-electron chi connectivity index (χ1n) is 6.21. The molecule has 1 aliphatic heterocycles. The lowest BCUT2D eigenvalue weighted by molar-refractivity contribution is -0.130. The van der Waals surface area contributed by atoms with Crippen LogP contribution in [0.15, 0.2) is 0 Å². The zero-order valence-corrected chi connectivity index (χ0v) is 10.9. The Balaban J connectivity index is 2.22. The molecule has 4 heteroatoms. The van der Waals surface area contributed by atoms with Gasteiger partial charge in [0.25, 0.3) is 0 Å². The molecule has 0 spiro atoms. The minimum Gasteiger partial charge on any atom is -0.347 e. The van der Waals surface area contributed by atoms with Gasteiger partial charge in [0.2, 0.25) is 5.91 Å². The van der Waals surface area contributed by atoms with E-state index in [1.807, 2.05) is 14.1 Å². The fourth-order valence-corrected chi connectivity index (χ4v) is 2.10. The molecule has 1 amide bonds. The van der Waals surface area contributed by atoms with Crippen LogP contribution in [0.2, 0.25) is 0 Å². The monoisotopic (exact) mass is 227 g/mol. The molecular formula is C12H25N3O. The van der Waals surface area contributed by atoms with Gasteiger partial charge in [-0.2, -0.15) is 0 Å². The highest BCUT2D eigenvalue weighted by Gasteiger charge is 2.29. The number of nitrogens with one attached hydrogen (secondary N) is 2. The third-order valence-electron chi connectivity index (χ3n) is 3.02. The summed E-state index contributed by atoms with van der Waals surface area (Å²) in [6.45, 7) is 5.33. The van der Waals surface area contributed by atoms with Crippen molar-refractivity contribution in [3.05, 3.63) is 0 Å². The lowest BCUT2D eigenvalue weighted by Gasteiger charge is -2.18. The van der Waals surface area contributed by atoms with Crippen molar-refractivity contribution >= 4 is 5.91 Å². The molecule has 0 saturated carbocycles. The molecule has 2 atom stereocenters. The predicted molar refractivity (Wildman–Crippen MR) is 66.4 cm³/mol. The van der Waals surface area contributed by atoms with Crippen LogP contribution in [0.5, 0.6) is 0 Å². The van der Waals surface area contributed by atoms with Gasteiger partial charge in [0.15, 0.2) is 0 Å². The number of hydrogen-bond acceptors (Lipinski definition) is 3. The van der Waals surface area contributed by atoms with Crippen LogP contribution >= 0.6 is 0 Å². The van der Waals surface area contributed by atoms with Crippen LogP contribution in [0.25, 0.3) is 0 Å². The Labute approximate surface area is 98.8 Å². The van der Waals surface area contributed by atoms with Gasteiger partial charge in [0, 0.05) is 26.2 Å². The van der Waals surface area contributed by atoms with Gasteiger partial charge in [-0.25, -0.2) is 0 Å². The van der Waals surface area contributed by atoms with Crippen molar-refractivity contribution in [2.75, 3.05) is 20.6 Å². The first kappa shape index (κ1) is 13.5. The van der Waals surface area contributed by atoms with Crippen LogP contribution in [0.1, 0.15) is 33.1 Å². The molecular weight excluding hydrogens is 202 g/mol. The molecule has 2 unspecified atom stereocenters. The number of amides is 1. The zero-order valence-electron chi connectivity index (χ0n) is 10.9. The van der Waals surface area contributed by atoms with Crippen molar-refractivity contribution in [2.24, 2.45) is 0 Å². The quantitative estimate of drug-likeness (QED) is 0.722. The van der Waals surface area contributed by atoms with Gasteiger partial charge in [0.1, 0.15) is 0 Å². The smallest absolute Gasteiger partial charge is 0.239 e. The summed E-state index contributed by atoms with van der Waals surface area (Å²) >= 11 is 0. The summed E-state index contributed by atoms with van der Waals surface area (Å²) in [5.41, 5.74) is 0. The van der Waals surface area contributed by atoms with Gasteiger partial charge in [-0.05, 0) is 25.8 Å². The van der Waals surface area contributed by atoms with Gasteiger partial charge in [-0.3, -0.25) is 4.79 Å². The molecule has 1 rings (SSSR count). The highest BCUT2D eigenvalue weighted by Crippen LogP contribution is 2.15. The van der Waals surface area contributed by atoms with E-state index < -0.39 is 0 Å². The van der Waals surface area contributed by atoms with Crippen LogP contribution in [0.3, 0.4) is 0 Å². The number of carbonyl (C=O) groups is 1. The van der Waals surface area contributed by atoms with E-state index in [0.717, 1.165) is 25.8 Å². The van der Waals surface area contributed by atoms with Crippen LogP contribution in [-0.4, -0.2) is 49.6 Å². The highest BCUT2D eigenvalue weighted by molar-refractivity contribution is 5.81. The van der Waals surface area contributed by atoms with Crippen molar-refractivity contribution in [1.29, 1.82) is 0 Å². The summed E-state index contributed by atoms with van der Waals surface area (Å²) in [4.78, 5) is 13.4. The maximum Gasteiger partial charge on any atom is 0.239 e. The Morgan fingerprint density at radius 1 is 1.44 bits per heavy atom. The molecule has 1 saturated heterocycles. The Morgan fingerprint density at radius 3 is 2.69 bits per heavy atom. The predicted octanol–water partition coefficient (Wildman–Crippen LogP) is 0.583. The molecule has 1 fully saturated rings. The van der Waals surface area contributed by atoms with E-state index in [2.05, 4.69) is 24.5 Å². The Bertz CT molecular complexity index is 228. The molecule has 94 valence electrons. The van der Waals surface area contributed by atoms with E-state index in [1.165, 1.54) is 0 Å². The van der Waals surface area contributed by atoms with E-state index in [-0.39, 0.29) is 11.9 Å². The summed E-state index contributed by atoms with van der Waals surface area (Å²) < 4.78 is 0. The van der Waals surface area contributed by atoms with Crippen molar-refractivity contribution in [3.63, 3.8) is 0 Å². The fraction of sp³-hybridized carbons (Fsp3) is 0.917. The lowest BCUT2D eigenvalue weighted by atomic mass is 10.1. The first-order chi connectivity index (χ1) is 7.50. The largest absolute Gasteiger partial charge is 0.347 e. The van der Waals surface area contributed by atoms with E-state index in [1.54, 1.807) is 4.90 Å². The van der Waals surface area contributed by atoms with E-state index in [4.69, 9.17) is 0 Å². The minimum atomic E-state index is 0.0408. The normalized spacial score (nSPS) is 25.1. The Morgan fingerprint density at radius 2 is 2.12 bits per heavy atom. The van der Waals surface area contributed by atoms with Gasteiger partial charge in [0.05, 0.1) is 6.04 Å². The third-order valence-corrected chi connectivity index (χ3v) is 3.02. The van der Waals surface area contributed by atoms with Crippen molar-refractivity contribution < 1.29 is 4.79 Å². The number of nitrogens with zero attached hydrogens (tertiary/aromatic N) is 1. The van der Waals surface area contributed by atoms with Crippen molar-refractivity contribution in [3.8, 4) is 0 Å². The summed E-state index contributed by atoms with van der Waals surface area (Å²) in [6.07, 6.45) is 3.20. The molecule has 4 nitrogen and oxygen atoms in total. The van der Waals surface area contributed by atoms with Crippen molar-refractivity contribution in [1.82, 2.24) is 15.5 Å². The highest BCUT2D eigenvalue weighted by atomic mass is 16.2. The van der Waals surface area contributed by atoms with E-state index in [0.29, 0.717) is 12.1 Å². The lowest BCUT2D eigenvalue weighted by Crippen LogP contribution is -2.42. The molecule has 2 N–H and O–H groups in total. The maximum absolute atomic E-state index is 11.7. The molecule has 0 radical (unpaired) electrons. The van der Waals surface area contributed by atoms with E-state index in [9.17, 15) is 4.79 Å². The van der Waals surface area contributed by atoms with Gasteiger partial charge >= 0.3 is 0 Å². The minimum absolute atomic E-state index is 0.0408. The molecule has 16 heavy (non-hydrogen) atoms. The zero-order chi connectivity index (χ0) is 12.1. The number of likely N-dealkylation sites (N-methyl/N-ethyl adjacent to an activating group) is 1. The average molecular weight is 227 g/mol. The second kappa shape index (κ2) is 6.21. The molecule has 0 aromatic rings. The Hall–Kier alpha value is -0.610. The first-order valence-corrected chi connectivity index (χ1v) is 6.21. The summed E-state index contributed by atoms with van der Waals surface area (Å²) in [5, 5.41) is 6.82. The number of carbonyl (C=O) groups excluding carboxylic acids is 1. The molecule has 0 aromatic heterocycles. The van der Waals surface area contributed by atoms with E-state index >= 15 is 0 Å². The van der Waals surface area contributed by atoms with Gasteiger partial charge < -0.3 is 15.5 Å². The fourth-order valence-electron chi connectivity index (χ4n) is 2.10. The molecule has 0 aliphatic carbocycles. The Kier molecular flexibility index (Phi) is 5.22. The van der Waals surface area contributed by atoms with Crippen LogP contribution < -0.4 is 10.6 Å². The summed E-state index contributed by atoms with van der Waals surface area (Å²) in [5.74, 6) is 0.208. The van der Waals surface area contributed by atoms with Gasteiger partial charge in [-0.1, -0.05) is 13.8 Å². The number of hydrogen-bond donors (Lipinski definition) is 2. The summed E-state index contributed by atoms with van der Waals surface area (Å²) in [6, 6.07) is 1.08. The summed E-state index contributed by atoms with van der Waals surface area (Å²) in [7, 11) is 3.63. The maximum atomic E-state index is 11.7. The molecule has 0 aromatic carbocycles. The van der Waals surface area contributed by atoms with Gasteiger partial charge in [-0.15, -0.1) is 0 Å². The standard InChI is InChI=1S/C12H25N3O/c1-9(2)13-8-7-10-5-6-11(14-10)12(16)15(3)4/h9-11,13-14H,5-8H2,1-4H3. The topological polar surface area (TPSA) is 44.4 Å². The average Bonchev–Trinajstić information content (AvgIpc) is 2.64. The number of rotatable bonds is 5. The van der Waals surface area contributed by atoms with Crippen LogP contribution in [0, 0.1) is 0 Å².